The zero-order valence-corrected chi connectivity index (χ0v) is 11.9. The van der Waals surface area contributed by atoms with E-state index in [9.17, 15) is 0 Å². The molecule has 0 saturated heterocycles. The number of methoxy groups -OCH3 is 2. The minimum Gasteiger partial charge on any atom is -0.493 e. The van der Waals surface area contributed by atoms with E-state index in [0.717, 1.165) is 21.1 Å². The molecule has 0 aliphatic rings. The molecule has 19 heavy (non-hydrogen) atoms. The minimum absolute atomic E-state index is 0.400. The fourth-order valence-corrected chi connectivity index (χ4v) is 2.75. The van der Waals surface area contributed by atoms with Crippen LogP contribution in [-0.2, 0) is 6.42 Å². The van der Waals surface area contributed by atoms with Crippen LogP contribution in [0.4, 0.5) is 0 Å². The summed E-state index contributed by atoms with van der Waals surface area (Å²) in [7, 11) is 3.21. The van der Waals surface area contributed by atoms with Gasteiger partial charge in [-0.3, -0.25) is 0 Å². The molecule has 0 N–H and O–H groups in total. The molecular weight excluding hydrogens is 260 g/mol. The van der Waals surface area contributed by atoms with Gasteiger partial charge in [-0.15, -0.1) is 11.3 Å². The van der Waals surface area contributed by atoms with E-state index in [1.807, 2.05) is 25.1 Å². The van der Waals surface area contributed by atoms with Gasteiger partial charge in [0.2, 0.25) is 0 Å². The maximum atomic E-state index is 8.77. The Balaban J connectivity index is 2.42. The highest BCUT2D eigenvalue weighted by atomic mass is 32.1. The van der Waals surface area contributed by atoms with Crippen LogP contribution >= 0.6 is 11.3 Å². The standard InChI is InChI=1S/C14H14N2O2S/c1-9-13(6-7-15)19-14(16-9)10-4-5-11(17-2)12(8-10)18-3/h4-5,8H,6H2,1-3H3. The molecule has 1 aromatic carbocycles. The van der Waals surface area contributed by atoms with Crippen molar-refractivity contribution in [2.45, 2.75) is 13.3 Å². The summed E-state index contributed by atoms with van der Waals surface area (Å²) < 4.78 is 10.5. The van der Waals surface area contributed by atoms with E-state index in [0.29, 0.717) is 17.9 Å². The Kier molecular flexibility index (Phi) is 4.03. The zero-order chi connectivity index (χ0) is 13.8. The SMILES string of the molecule is COc1ccc(-c2nc(C)c(CC#N)s2)cc1OC. The van der Waals surface area contributed by atoms with E-state index >= 15 is 0 Å². The lowest BCUT2D eigenvalue weighted by atomic mass is 10.2. The highest BCUT2D eigenvalue weighted by Crippen LogP contribution is 2.34. The third kappa shape index (κ3) is 2.69. The Hall–Kier alpha value is -2.06. The van der Waals surface area contributed by atoms with E-state index in [1.165, 1.54) is 11.3 Å². The van der Waals surface area contributed by atoms with Gasteiger partial charge in [-0.1, -0.05) is 0 Å². The Morgan fingerprint density at radius 3 is 2.63 bits per heavy atom. The van der Waals surface area contributed by atoms with Crippen LogP contribution in [0.2, 0.25) is 0 Å². The molecule has 0 unspecified atom stereocenters. The van der Waals surface area contributed by atoms with E-state index in [2.05, 4.69) is 11.1 Å². The fraction of sp³-hybridized carbons (Fsp3) is 0.286. The van der Waals surface area contributed by atoms with Gasteiger partial charge in [0, 0.05) is 10.4 Å². The van der Waals surface area contributed by atoms with Crippen LogP contribution in [0.25, 0.3) is 10.6 Å². The maximum absolute atomic E-state index is 8.77. The first-order chi connectivity index (χ1) is 9.19. The first-order valence-electron chi connectivity index (χ1n) is 5.75. The smallest absolute Gasteiger partial charge is 0.161 e. The molecule has 0 aliphatic carbocycles. The molecule has 1 heterocycles. The Morgan fingerprint density at radius 2 is 2.00 bits per heavy atom. The third-order valence-electron chi connectivity index (χ3n) is 2.76. The molecule has 0 aliphatic heterocycles. The number of rotatable bonds is 4. The molecule has 0 atom stereocenters. The van der Waals surface area contributed by atoms with Gasteiger partial charge < -0.3 is 9.47 Å². The van der Waals surface area contributed by atoms with Gasteiger partial charge in [0.15, 0.2) is 11.5 Å². The number of ether oxygens (including phenoxy) is 2. The van der Waals surface area contributed by atoms with Crippen LogP contribution < -0.4 is 9.47 Å². The van der Waals surface area contributed by atoms with Crippen LogP contribution in [0, 0.1) is 18.3 Å². The molecule has 0 spiro atoms. The Labute approximate surface area is 116 Å². The zero-order valence-electron chi connectivity index (χ0n) is 11.1. The molecule has 5 heteroatoms. The van der Waals surface area contributed by atoms with Crippen molar-refractivity contribution in [3.63, 3.8) is 0 Å². The number of thiazole rings is 1. The first-order valence-corrected chi connectivity index (χ1v) is 6.57. The first kappa shape index (κ1) is 13.4. The molecule has 0 radical (unpaired) electrons. The topological polar surface area (TPSA) is 55.1 Å². The molecule has 2 aromatic rings. The number of aryl methyl sites for hydroxylation is 1. The Morgan fingerprint density at radius 1 is 1.26 bits per heavy atom. The van der Waals surface area contributed by atoms with Crippen molar-refractivity contribution in [2.75, 3.05) is 14.2 Å². The average Bonchev–Trinajstić information content (AvgIpc) is 2.80. The summed E-state index contributed by atoms with van der Waals surface area (Å²) in [5.41, 5.74) is 1.88. The normalized spacial score (nSPS) is 10.0. The van der Waals surface area contributed by atoms with Gasteiger partial charge in [-0.2, -0.15) is 5.26 Å². The van der Waals surface area contributed by atoms with Gasteiger partial charge in [0.05, 0.1) is 32.4 Å². The average molecular weight is 274 g/mol. The highest BCUT2D eigenvalue weighted by Gasteiger charge is 2.12. The van der Waals surface area contributed by atoms with Crippen molar-refractivity contribution < 1.29 is 9.47 Å². The predicted octanol–water partition coefficient (Wildman–Crippen LogP) is 3.20. The summed E-state index contributed by atoms with van der Waals surface area (Å²) in [6, 6.07) is 7.85. The van der Waals surface area contributed by atoms with Crippen molar-refractivity contribution in [3.8, 4) is 28.1 Å². The number of nitrogens with zero attached hydrogens (tertiary/aromatic N) is 2. The molecule has 98 valence electrons. The van der Waals surface area contributed by atoms with Gasteiger partial charge >= 0.3 is 0 Å². The summed E-state index contributed by atoms with van der Waals surface area (Å²) in [6.45, 7) is 1.92. The number of hydrogen-bond acceptors (Lipinski definition) is 5. The lowest BCUT2D eigenvalue weighted by molar-refractivity contribution is 0.355. The third-order valence-corrected chi connectivity index (χ3v) is 3.97. The van der Waals surface area contributed by atoms with Crippen LogP contribution in [0.15, 0.2) is 18.2 Å². The maximum Gasteiger partial charge on any atom is 0.161 e. The second kappa shape index (κ2) is 5.72. The largest absolute Gasteiger partial charge is 0.493 e. The van der Waals surface area contributed by atoms with Gasteiger partial charge in [0.25, 0.3) is 0 Å². The van der Waals surface area contributed by atoms with Crippen molar-refractivity contribution >= 4 is 11.3 Å². The summed E-state index contributed by atoms with van der Waals surface area (Å²) in [4.78, 5) is 5.51. The lowest BCUT2D eigenvalue weighted by Gasteiger charge is -2.08. The molecule has 1 aromatic heterocycles. The molecule has 4 nitrogen and oxygen atoms in total. The summed E-state index contributed by atoms with van der Waals surface area (Å²) in [6.07, 6.45) is 0.400. The van der Waals surface area contributed by atoms with E-state index in [1.54, 1.807) is 14.2 Å². The van der Waals surface area contributed by atoms with Crippen molar-refractivity contribution in [2.24, 2.45) is 0 Å². The molecule has 0 saturated carbocycles. The number of hydrogen-bond donors (Lipinski definition) is 0. The predicted molar refractivity (Wildman–Crippen MR) is 74.7 cm³/mol. The van der Waals surface area contributed by atoms with E-state index in [4.69, 9.17) is 14.7 Å². The number of nitriles is 1. The quantitative estimate of drug-likeness (QED) is 0.859. The minimum atomic E-state index is 0.400. The fourth-order valence-electron chi connectivity index (χ4n) is 1.76. The van der Waals surface area contributed by atoms with Crippen molar-refractivity contribution in [1.82, 2.24) is 4.98 Å². The summed E-state index contributed by atoms with van der Waals surface area (Å²) in [5.74, 6) is 1.37. The van der Waals surface area contributed by atoms with Crippen molar-refractivity contribution in [1.29, 1.82) is 5.26 Å². The highest BCUT2D eigenvalue weighted by molar-refractivity contribution is 7.15. The Bertz CT molecular complexity index is 629. The molecule has 0 fully saturated rings. The lowest BCUT2D eigenvalue weighted by Crippen LogP contribution is -1.90. The summed E-state index contributed by atoms with van der Waals surface area (Å²) >= 11 is 1.54. The molecule has 2 rings (SSSR count). The van der Waals surface area contributed by atoms with Crippen LogP contribution in [-0.4, -0.2) is 19.2 Å². The van der Waals surface area contributed by atoms with E-state index in [-0.39, 0.29) is 0 Å². The second-order valence-electron chi connectivity index (χ2n) is 3.93. The van der Waals surface area contributed by atoms with Gasteiger partial charge in [0.1, 0.15) is 5.01 Å². The molecule has 0 bridgehead atoms. The van der Waals surface area contributed by atoms with Gasteiger partial charge in [-0.25, -0.2) is 4.98 Å². The van der Waals surface area contributed by atoms with Crippen LogP contribution in [0.3, 0.4) is 0 Å². The number of benzene rings is 1. The molecule has 0 amide bonds. The summed E-state index contributed by atoms with van der Waals surface area (Å²) in [5, 5.41) is 9.66. The van der Waals surface area contributed by atoms with Gasteiger partial charge in [-0.05, 0) is 25.1 Å². The second-order valence-corrected chi connectivity index (χ2v) is 5.02. The van der Waals surface area contributed by atoms with E-state index < -0.39 is 0 Å². The number of aromatic nitrogens is 1. The van der Waals surface area contributed by atoms with Crippen molar-refractivity contribution in [3.05, 3.63) is 28.8 Å². The molecular formula is C14H14N2O2S. The van der Waals surface area contributed by atoms with Crippen LogP contribution in [0.1, 0.15) is 10.6 Å². The van der Waals surface area contributed by atoms with Crippen LogP contribution in [0.5, 0.6) is 11.5 Å². The monoisotopic (exact) mass is 274 g/mol.